The van der Waals surface area contributed by atoms with Crippen LogP contribution in [0, 0.1) is 0 Å². The second-order valence-electron chi connectivity index (χ2n) is 8.76. The van der Waals surface area contributed by atoms with Gasteiger partial charge in [0.2, 0.25) is 0 Å². The Morgan fingerprint density at radius 1 is 0.895 bits per heavy atom. The first-order valence-electron chi connectivity index (χ1n) is 12.2. The van der Waals surface area contributed by atoms with Crippen LogP contribution in [0.25, 0.3) is 5.76 Å². The molecular weight excluding hydrogens is 486 g/mol. The standard InChI is InChI=1S/C30H31NO7/c1-35-16-8-15-31-27(21-11-7-12-23(17-21)38-19-20-9-5-4-6-10-20)26(29(33)30(31)34)28(32)22-13-14-24(36-2)25(18-22)37-3/h4-7,9-14,17-18,27,32H,8,15-16,19H2,1-3H3/b28-26+. The van der Waals surface area contributed by atoms with Gasteiger partial charge in [0, 0.05) is 25.8 Å². The summed E-state index contributed by atoms with van der Waals surface area (Å²) in [5, 5.41) is 11.4. The first-order chi connectivity index (χ1) is 18.5. The second-order valence-corrected chi connectivity index (χ2v) is 8.76. The van der Waals surface area contributed by atoms with E-state index >= 15 is 0 Å². The van der Waals surface area contributed by atoms with Crippen molar-refractivity contribution < 1.29 is 33.6 Å². The molecule has 3 aromatic carbocycles. The fourth-order valence-electron chi connectivity index (χ4n) is 4.49. The summed E-state index contributed by atoms with van der Waals surface area (Å²) in [5.74, 6) is -0.277. The maximum absolute atomic E-state index is 13.3. The molecule has 0 spiro atoms. The van der Waals surface area contributed by atoms with Crippen LogP contribution < -0.4 is 14.2 Å². The number of aliphatic hydroxyl groups is 1. The lowest BCUT2D eigenvalue weighted by atomic mass is 9.95. The predicted molar refractivity (Wildman–Crippen MR) is 142 cm³/mol. The second kappa shape index (κ2) is 12.3. The van der Waals surface area contributed by atoms with Crippen LogP contribution in [-0.4, -0.2) is 56.2 Å². The Morgan fingerprint density at radius 2 is 1.66 bits per heavy atom. The molecule has 1 aliphatic rings. The van der Waals surface area contributed by atoms with Crippen LogP contribution in [0.4, 0.5) is 0 Å². The quantitative estimate of drug-likeness (QED) is 0.170. The highest BCUT2D eigenvalue weighted by Crippen LogP contribution is 2.41. The molecule has 0 bridgehead atoms. The van der Waals surface area contributed by atoms with Gasteiger partial charge in [-0.1, -0.05) is 42.5 Å². The van der Waals surface area contributed by atoms with Crippen molar-refractivity contribution in [2.75, 3.05) is 34.5 Å². The van der Waals surface area contributed by atoms with Crippen molar-refractivity contribution in [1.29, 1.82) is 0 Å². The number of Topliss-reactive ketones (excluding diaryl/α,β-unsaturated/α-hetero) is 1. The molecule has 38 heavy (non-hydrogen) atoms. The number of ketones is 1. The molecule has 1 unspecified atom stereocenters. The minimum Gasteiger partial charge on any atom is -0.507 e. The molecule has 3 aromatic rings. The zero-order valence-corrected chi connectivity index (χ0v) is 21.7. The smallest absolute Gasteiger partial charge is 0.295 e. The largest absolute Gasteiger partial charge is 0.507 e. The maximum Gasteiger partial charge on any atom is 0.295 e. The lowest BCUT2D eigenvalue weighted by Crippen LogP contribution is -2.31. The Hall–Kier alpha value is -4.30. The Labute approximate surface area is 222 Å². The van der Waals surface area contributed by atoms with E-state index < -0.39 is 17.7 Å². The molecule has 8 nitrogen and oxygen atoms in total. The molecule has 0 aliphatic carbocycles. The molecule has 1 fully saturated rings. The summed E-state index contributed by atoms with van der Waals surface area (Å²) in [5.41, 5.74) is 1.99. The van der Waals surface area contributed by atoms with E-state index in [0.29, 0.717) is 48.0 Å². The van der Waals surface area contributed by atoms with Crippen molar-refractivity contribution in [1.82, 2.24) is 4.90 Å². The molecule has 1 saturated heterocycles. The van der Waals surface area contributed by atoms with Crippen LogP contribution in [0.3, 0.4) is 0 Å². The summed E-state index contributed by atoms with van der Waals surface area (Å²) in [4.78, 5) is 27.9. The first kappa shape index (κ1) is 26.8. The van der Waals surface area contributed by atoms with Gasteiger partial charge >= 0.3 is 0 Å². The van der Waals surface area contributed by atoms with Gasteiger partial charge in [0.15, 0.2) is 11.5 Å². The van der Waals surface area contributed by atoms with Crippen molar-refractivity contribution >= 4 is 17.4 Å². The van der Waals surface area contributed by atoms with Gasteiger partial charge in [0.25, 0.3) is 11.7 Å². The SMILES string of the molecule is COCCCN1C(=O)C(=O)/C(=C(/O)c2ccc(OC)c(OC)c2)C1c1cccc(OCc2ccccc2)c1. The Bertz CT molecular complexity index is 1320. The van der Waals surface area contributed by atoms with Gasteiger partial charge < -0.3 is 29.0 Å². The van der Waals surface area contributed by atoms with E-state index in [1.165, 1.54) is 19.1 Å². The number of amides is 1. The number of carbonyl (C=O) groups excluding carboxylic acids is 2. The number of hydrogen-bond donors (Lipinski definition) is 1. The summed E-state index contributed by atoms with van der Waals surface area (Å²) in [6.07, 6.45) is 0.528. The summed E-state index contributed by atoms with van der Waals surface area (Å²) in [7, 11) is 4.57. The topological polar surface area (TPSA) is 94.5 Å². The highest BCUT2D eigenvalue weighted by atomic mass is 16.5. The van der Waals surface area contributed by atoms with Gasteiger partial charge in [-0.05, 0) is 47.9 Å². The van der Waals surface area contributed by atoms with Crippen molar-refractivity contribution in [3.8, 4) is 17.2 Å². The highest BCUT2D eigenvalue weighted by molar-refractivity contribution is 6.46. The number of benzene rings is 3. The van der Waals surface area contributed by atoms with Crippen molar-refractivity contribution in [3.63, 3.8) is 0 Å². The van der Waals surface area contributed by atoms with Gasteiger partial charge in [-0.25, -0.2) is 0 Å². The monoisotopic (exact) mass is 517 g/mol. The van der Waals surface area contributed by atoms with Gasteiger partial charge in [-0.3, -0.25) is 9.59 Å². The van der Waals surface area contributed by atoms with Crippen LogP contribution in [-0.2, 0) is 20.9 Å². The third-order valence-electron chi connectivity index (χ3n) is 6.37. The van der Waals surface area contributed by atoms with Crippen molar-refractivity contribution in [2.24, 2.45) is 0 Å². The van der Waals surface area contributed by atoms with E-state index in [4.69, 9.17) is 18.9 Å². The fourth-order valence-corrected chi connectivity index (χ4v) is 4.49. The van der Waals surface area contributed by atoms with E-state index in [9.17, 15) is 14.7 Å². The number of nitrogens with zero attached hydrogens (tertiary/aromatic N) is 1. The zero-order valence-electron chi connectivity index (χ0n) is 21.7. The first-order valence-corrected chi connectivity index (χ1v) is 12.2. The summed E-state index contributed by atoms with van der Waals surface area (Å²) >= 11 is 0. The zero-order chi connectivity index (χ0) is 27.1. The summed E-state index contributed by atoms with van der Waals surface area (Å²) in [6, 6.07) is 21.0. The number of carbonyl (C=O) groups is 2. The minimum atomic E-state index is -0.805. The molecule has 4 rings (SSSR count). The normalized spacial score (nSPS) is 16.5. The van der Waals surface area contributed by atoms with Gasteiger partial charge in [-0.15, -0.1) is 0 Å². The molecule has 1 heterocycles. The summed E-state index contributed by atoms with van der Waals surface area (Å²) < 4.78 is 21.8. The van der Waals surface area contributed by atoms with E-state index in [2.05, 4.69) is 0 Å². The third kappa shape index (κ3) is 5.65. The molecule has 0 aromatic heterocycles. The third-order valence-corrected chi connectivity index (χ3v) is 6.37. The number of rotatable bonds is 11. The number of likely N-dealkylation sites (tertiary alicyclic amines) is 1. The van der Waals surface area contributed by atoms with E-state index in [0.717, 1.165) is 5.56 Å². The Balaban J connectivity index is 1.75. The Morgan fingerprint density at radius 3 is 2.37 bits per heavy atom. The predicted octanol–water partition coefficient (Wildman–Crippen LogP) is 4.74. The van der Waals surface area contributed by atoms with Crippen LogP contribution in [0.2, 0.25) is 0 Å². The van der Waals surface area contributed by atoms with Crippen molar-refractivity contribution in [3.05, 3.63) is 95.1 Å². The number of ether oxygens (including phenoxy) is 4. The summed E-state index contributed by atoms with van der Waals surface area (Å²) in [6.45, 7) is 1.07. The van der Waals surface area contributed by atoms with E-state index in [-0.39, 0.29) is 17.9 Å². The molecule has 0 saturated carbocycles. The fraction of sp³-hybridized carbons (Fsp3) is 0.267. The van der Waals surface area contributed by atoms with E-state index in [1.54, 1.807) is 37.4 Å². The van der Waals surface area contributed by atoms with Gasteiger partial charge in [-0.2, -0.15) is 0 Å². The van der Waals surface area contributed by atoms with Gasteiger partial charge in [0.05, 0.1) is 25.8 Å². The van der Waals surface area contributed by atoms with Crippen LogP contribution in [0.15, 0.2) is 78.4 Å². The molecular formula is C30H31NO7. The minimum absolute atomic E-state index is 0.000142. The van der Waals surface area contributed by atoms with E-state index in [1.807, 2.05) is 42.5 Å². The number of hydrogen-bond acceptors (Lipinski definition) is 7. The van der Waals surface area contributed by atoms with Gasteiger partial charge in [0.1, 0.15) is 18.1 Å². The molecule has 8 heteroatoms. The lowest BCUT2D eigenvalue weighted by molar-refractivity contribution is -0.140. The maximum atomic E-state index is 13.3. The number of methoxy groups -OCH3 is 3. The average molecular weight is 518 g/mol. The van der Waals surface area contributed by atoms with Crippen molar-refractivity contribution in [2.45, 2.75) is 19.1 Å². The molecule has 0 radical (unpaired) electrons. The van der Waals surface area contributed by atoms with Crippen LogP contribution >= 0.6 is 0 Å². The molecule has 1 N–H and O–H groups in total. The molecule has 1 amide bonds. The van der Waals surface area contributed by atoms with Crippen LogP contribution in [0.5, 0.6) is 17.2 Å². The molecule has 198 valence electrons. The highest BCUT2D eigenvalue weighted by Gasteiger charge is 2.46. The Kier molecular flexibility index (Phi) is 8.66. The molecule has 1 atom stereocenters. The average Bonchev–Trinajstić information content (AvgIpc) is 3.21. The number of aliphatic hydroxyl groups excluding tert-OH is 1. The lowest BCUT2D eigenvalue weighted by Gasteiger charge is -2.25. The van der Waals surface area contributed by atoms with Crippen LogP contribution in [0.1, 0.15) is 29.2 Å². The molecule has 1 aliphatic heterocycles.